The molecular weight excluding hydrogens is 499 g/mol. The second-order valence-electron chi connectivity index (χ2n) is 7.43. The number of benzene rings is 2. The van der Waals surface area contributed by atoms with Crippen molar-refractivity contribution in [2.75, 3.05) is 47.5 Å². The number of nitrogens with zero attached hydrogens (tertiary/aromatic N) is 1. The van der Waals surface area contributed by atoms with Gasteiger partial charge >= 0.3 is 11.9 Å². The van der Waals surface area contributed by atoms with E-state index < -0.39 is 11.9 Å². The lowest BCUT2D eigenvalue weighted by molar-refractivity contribution is -0.143. The van der Waals surface area contributed by atoms with Gasteiger partial charge in [-0.15, -0.1) is 0 Å². The molecule has 11 heteroatoms. The molecule has 35 heavy (non-hydrogen) atoms. The Balaban J connectivity index is 1.98. The molecule has 2 rings (SSSR count). The Kier molecular flexibility index (Phi) is 11.1. The van der Waals surface area contributed by atoms with Crippen molar-refractivity contribution in [3.63, 3.8) is 0 Å². The standard InChI is InChI=1S/C24H28Cl2N2O7/c1-5-33-21(29)13-27-14-22(30)34-9-8-15-10-18(25)23(19(26)11-15)35-16-6-7-20(32-4)17(12-16)24(31)28(2)3/h6-7,10-12,27H,5,8-9,13-14H2,1-4H3. The highest BCUT2D eigenvalue weighted by atomic mass is 35.5. The van der Waals surface area contributed by atoms with Crippen molar-refractivity contribution in [1.29, 1.82) is 0 Å². The fraction of sp³-hybridized carbons (Fsp3) is 0.375. The molecule has 0 spiro atoms. The van der Waals surface area contributed by atoms with Crippen LogP contribution in [0.1, 0.15) is 22.8 Å². The number of carbonyl (C=O) groups is 3. The van der Waals surface area contributed by atoms with E-state index in [2.05, 4.69) is 5.32 Å². The van der Waals surface area contributed by atoms with Gasteiger partial charge in [0.1, 0.15) is 11.5 Å². The van der Waals surface area contributed by atoms with Crippen LogP contribution in [0.5, 0.6) is 17.2 Å². The van der Waals surface area contributed by atoms with Crippen LogP contribution in [0.2, 0.25) is 10.0 Å². The van der Waals surface area contributed by atoms with Crippen molar-refractivity contribution < 1.29 is 33.3 Å². The van der Waals surface area contributed by atoms with E-state index in [0.717, 1.165) is 5.56 Å². The van der Waals surface area contributed by atoms with Crippen LogP contribution in [0.15, 0.2) is 30.3 Å². The summed E-state index contributed by atoms with van der Waals surface area (Å²) in [7, 11) is 4.75. The number of amides is 1. The number of halogens is 2. The van der Waals surface area contributed by atoms with E-state index in [9.17, 15) is 14.4 Å². The smallest absolute Gasteiger partial charge is 0.319 e. The number of esters is 2. The van der Waals surface area contributed by atoms with Crippen LogP contribution in [0.3, 0.4) is 0 Å². The average molecular weight is 527 g/mol. The molecule has 190 valence electrons. The van der Waals surface area contributed by atoms with Crippen LogP contribution in [0, 0.1) is 0 Å². The molecular formula is C24H28Cl2N2O7. The summed E-state index contributed by atoms with van der Waals surface area (Å²) < 4.78 is 21.0. The molecule has 0 saturated heterocycles. The Morgan fingerprint density at radius 3 is 2.17 bits per heavy atom. The first-order chi connectivity index (χ1) is 16.7. The molecule has 0 unspecified atom stereocenters. The quantitative estimate of drug-likeness (QED) is 0.417. The molecule has 0 atom stereocenters. The Morgan fingerprint density at radius 2 is 1.60 bits per heavy atom. The first kappa shape index (κ1) is 28.2. The normalized spacial score (nSPS) is 10.5. The van der Waals surface area contributed by atoms with E-state index in [1.807, 2.05) is 0 Å². The van der Waals surface area contributed by atoms with Crippen molar-refractivity contribution in [2.45, 2.75) is 13.3 Å². The Hall–Kier alpha value is -3.01. The summed E-state index contributed by atoms with van der Waals surface area (Å²) in [4.78, 5) is 36.9. The number of nitrogens with one attached hydrogen (secondary N) is 1. The highest BCUT2D eigenvalue weighted by Gasteiger charge is 2.17. The Bertz CT molecular complexity index is 1040. The zero-order valence-electron chi connectivity index (χ0n) is 20.0. The number of hydrogen-bond acceptors (Lipinski definition) is 8. The van der Waals surface area contributed by atoms with Crippen molar-refractivity contribution >= 4 is 41.0 Å². The minimum atomic E-state index is -0.506. The van der Waals surface area contributed by atoms with E-state index in [4.69, 9.17) is 42.1 Å². The lowest BCUT2D eigenvalue weighted by Crippen LogP contribution is -2.31. The summed E-state index contributed by atoms with van der Waals surface area (Å²) in [6.45, 7) is 1.88. The molecule has 0 fully saturated rings. The van der Waals surface area contributed by atoms with Crippen molar-refractivity contribution in [2.24, 2.45) is 0 Å². The van der Waals surface area contributed by atoms with Crippen molar-refractivity contribution in [1.82, 2.24) is 10.2 Å². The first-order valence-electron chi connectivity index (χ1n) is 10.7. The van der Waals surface area contributed by atoms with Gasteiger partial charge in [0, 0.05) is 20.5 Å². The molecule has 0 radical (unpaired) electrons. The van der Waals surface area contributed by atoms with Crippen LogP contribution >= 0.6 is 23.2 Å². The summed E-state index contributed by atoms with van der Waals surface area (Å²) in [5, 5.41) is 3.16. The van der Waals surface area contributed by atoms with Crippen LogP contribution in [0.25, 0.3) is 0 Å². The summed E-state index contributed by atoms with van der Waals surface area (Å²) >= 11 is 12.8. The predicted octanol–water partition coefficient (Wildman–Crippen LogP) is 3.73. The van der Waals surface area contributed by atoms with E-state index in [1.54, 1.807) is 51.4 Å². The third kappa shape index (κ3) is 8.61. The third-order valence-corrected chi connectivity index (χ3v) is 5.14. The molecule has 1 N–H and O–H groups in total. The van der Waals surface area contributed by atoms with Crippen molar-refractivity contribution in [3.05, 3.63) is 51.5 Å². The summed E-state index contributed by atoms with van der Waals surface area (Å²) in [5.41, 5.74) is 1.07. The second-order valence-corrected chi connectivity index (χ2v) is 8.25. The molecule has 0 aliphatic rings. The number of hydrogen-bond donors (Lipinski definition) is 1. The molecule has 2 aromatic carbocycles. The van der Waals surface area contributed by atoms with E-state index in [0.29, 0.717) is 23.5 Å². The molecule has 0 heterocycles. The third-order valence-electron chi connectivity index (χ3n) is 4.58. The Morgan fingerprint density at radius 1 is 0.971 bits per heavy atom. The number of ether oxygens (including phenoxy) is 4. The molecule has 0 aliphatic carbocycles. The predicted molar refractivity (Wildman–Crippen MR) is 132 cm³/mol. The molecule has 2 aromatic rings. The largest absolute Gasteiger partial charge is 0.496 e. The van der Waals surface area contributed by atoms with Gasteiger partial charge in [-0.1, -0.05) is 23.2 Å². The molecule has 0 aromatic heterocycles. The summed E-state index contributed by atoms with van der Waals surface area (Å²) in [5.74, 6) is -0.196. The van der Waals surface area contributed by atoms with Gasteiger partial charge in [-0.05, 0) is 42.8 Å². The van der Waals surface area contributed by atoms with Crippen LogP contribution in [-0.2, 0) is 25.5 Å². The zero-order chi connectivity index (χ0) is 26.0. The van der Waals surface area contributed by atoms with Gasteiger partial charge in [-0.2, -0.15) is 0 Å². The zero-order valence-corrected chi connectivity index (χ0v) is 21.5. The summed E-state index contributed by atoms with van der Waals surface area (Å²) in [6, 6.07) is 8.13. The average Bonchev–Trinajstić information content (AvgIpc) is 2.81. The minimum absolute atomic E-state index is 0.0748. The van der Waals surface area contributed by atoms with E-state index >= 15 is 0 Å². The lowest BCUT2D eigenvalue weighted by Gasteiger charge is -2.16. The second kappa shape index (κ2) is 13.8. The lowest BCUT2D eigenvalue weighted by atomic mass is 10.1. The van der Waals surface area contributed by atoms with Gasteiger partial charge in [0.25, 0.3) is 5.91 Å². The van der Waals surface area contributed by atoms with Crippen LogP contribution in [0.4, 0.5) is 0 Å². The highest BCUT2D eigenvalue weighted by molar-refractivity contribution is 6.37. The van der Waals surface area contributed by atoms with Gasteiger partial charge in [0.05, 0.1) is 49.0 Å². The number of methoxy groups -OCH3 is 1. The SMILES string of the molecule is CCOC(=O)CNCC(=O)OCCc1cc(Cl)c(Oc2ccc(OC)c(C(=O)N(C)C)c2)c(Cl)c1. The van der Waals surface area contributed by atoms with Gasteiger partial charge in [0.2, 0.25) is 0 Å². The van der Waals surface area contributed by atoms with E-state index in [1.165, 1.54) is 12.0 Å². The maximum absolute atomic E-state index is 12.4. The molecule has 0 saturated carbocycles. The van der Waals surface area contributed by atoms with E-state index in [-0.39, 0.29) is 48.0 Å². The molecule has 9 nitrogen and oxygen atoms in total. The highest BCUT2D eigenvalue weighted by Crippen LogP contribution is 2.38. The van der Waals surface area contributed by atoms with Gasteiger partial charge in [0.15, 0.2) is 5.75 Å². The van der Waals surface area contributed by atoms with Gasteiger partial charge < -0.3 is 23.8 Å². The number of rotatable bonds is 12. The fourth-order valence-corrected chi connectivity index (χ4v) is 3.55. The molecule has 0 aliphatic heterocycles. The monoisotopic (exact) mass is 526 g/mol. The van der Waals surface area contributed by atoms with Crippen molar-refractivity contribution in [3.8, 4) is 17.2 Å². The molecule has 1 amide bonds. The maximum atomic E-state index is 12.4. The fourth-order valence-electron chi connectivity index (χ4n) is 2.94. The minimum Gasteiger partial charge on any atom is -0.496 e. The van der Waals surface area contributed by atoms with Gasteiger partial charge in [-0.3, -0.25) is 19.7 Å². The summed E-state index contributed by atoms with van der Waals surface area (Å²) in [6.07, 6.45) is 0.368. The topological polar surface area (TPSA) is 103 Å². The van der Waals surface area contributed by atoms with Crippen LogP contribution < -0.4 is 14.8 Å². The van der Waals surface area contributed by atoms with Crippen LogP contribution in [-0.4, -0.2) is 70.3 Å². The Labute approximate surface area is 214 Å². The number of carbonyl (C=O) groups excluding carboxylic acids is 3. The maximum Gasteiger partial charge on any atom is 0.319 e. The van der Waals surface area contributed by atoms with Gasteiger partial charge in [-0.25, -0.2) is 0 Å². The molecule has 0 bridgehead atoms. The first-order valence-corrected chi connectivity index (χ1v) is 11.5.